The molecule has 12 heteroatoms. The summed E-state index contributed by atoms with van der Waals surface area (Å²) in [6.07, 6.45) is -4.63. The van der Waals surface area contributed by atoms with E-state index in [0.717, 1.165) is 0 Å². The lowest BCUT2D eigenvalue weighted by molar-refractivity contribution is -0.125. The highest BCUT2D eigenvalue weighted by Gasteiger charge is 2.28. The summed E-state index contributed by atoms with van der Waals surface area (Å²) in [4.78, 5) is 44.8. The Balaban J connectivity index is 2.46. The van der Waals surface area contributed by atoms with Crippen molar-refractivity contribution < 1.29 is 37.1 Å². The molecule has 5 N–H and O–H groups in total. The van der Waals surface area contributed by atoms with Crippen molar-refractivity contribution in [3.05, 3.63) is 29.8 Å². The number of alkyl halides is 3. The Labute approximate surface area is 138 Å². The molecule has 0 aliphatic rings. The number of anilines is 1. The van der Waals surface area contributed by atoms with Gasteiger partial charge in [-0.05, 0) is 18.2 Å². The van der Waals surface area contributed by atoms with Crippen LogP contribution < -0.4 is 21.7 Å². The van der Waals surface area contributed by atoms with Gasteiger partial charge in [-0.1, -0.05) is 6.07 Å². The van der Waals surface area contributed by atoms with E-state index in [0.29, 0.717) is 0 Å². The quantitative estimate of drug-likeness (QED) is 0.572. The SMILES string of the molecule is NC(=O)Nc1cccc(C(=O)OCC(=O)NC(=O)NCC(F)(F)F)c1. The van der Waals surface area contributed by atoms with Crippen LogP contribution in [0.4, 0.5) is 28.4 Å². The van der Waals surface area contributed by atoms with Crippen molar-refractivity contribution in [1.29, 1.82) is 0 Å². The molecule has 9 nitrogen and oxygen atoms in total. The van der Waals surface area contributed by atoms with E-state index in [1.165, 1.54) is 29.6 Å². The molecule has 0 bridgehead atoms. The van der Waals surface area contributed by atoms with E-state index in [1.54, 1.807) is 5.32 Å². The number of benzene rings is 1. The molecule has 5 amide bonds. The van der Waals surface area contributed by atoms with Crippen LogP contribution >= 0.6 is 0 Å². The van der Waals surface area contributed by atoms with E-state index in [2.05, 4.69) is 10.1 Å². The van der Waals surface area contributed by atoms with Gasteiger partial charge < -0.3 is 21.1 Å². The smallest absolute Gasteiger partial charge is 0.405 e. The molecule has 0 saturated carbocycles. The Morgan fingerprint density at radius 2 is 1.84 bits per heavy atom. The van der Waals surface area contributed by atoms with Crippen molar-refractivity contribution in [3.8, 4) is 0 Å². The van der Waals surface area contributed by atoms with Crippen LogP contribution in [0, 0.1) is 0 Å². The van der Waals surface area contributed by atoms with Gasteiger partial charge in [0.2, 0.25) is 0 Å². The van der Waals surface area contributed by atoms with Crippen molar-refractivity contribution in [1.82, 2.24) is 10.6 Å². The number of carbonyl (C=O) groups is 4. The van der Waals surface area contributed by atoms with Gasteiger partial charge in [-0.3, -0.25) is 10.1 Å². The number of urea groups is 2. The minimum absolute atomic E-state index is 0.0272. The zero-order valence-corrected chi connectivity index (χ0v) is 12.5. The fraction of sp³-hybridized carbons (Fsp3) is 0.231. The first-order valence-electron chi connectivity index (χ1n) is 6.55. The molecule has 0 saturated heterocycles. The Morgan fingerprint density at radius 1 is 1.16 bits per heavy atom. The highest BCUT2D eigenvalue weighted by Crippen LogP contribution is 2.12. The summed E-state index contributed by atoms with van der Waals surface area (Å²) in [6, 6.07) is 3.16. The van der Waals surface area contributed by atoms with Crippen LogP contribution in [-0.2, 0) is 9.53 Å². The number of imide groups is 1. The van der Waals surface area contributed by atoms with Crippen molar-refractivity contribution in [2.75, 3.05) is 18.5 Å². The molecular formula is C13H13F3N4O5. The number of primary amides is 1. The number of rotatable bonds is 5. The maximum absolute atomic E-state index is 11.9. The number of nitrogens with one attached hydrogen (secondary N) is 3. The summed E-state index contributed by atoms with van der Waals surface area (Å²) >= 11 is 0. The molecule has 0 aliphatic carbocycles. The molecule has 0 aliphatic heterocycles. The second-order valence-corrected chi connectivity index (χ2v) is 4.49. The minimum Gasteiger partial charge on any atom is -0.452 e. The zero-order chi connectivity index (χ0) is 19.0. The van der Waals surface area contributed by atoms with Gasteiger partial charge in [0, 0.05) is 5.69 Å². The van der Waals surface area contributed by atoms with Gasteiger partial charge in [0.15, 0.2) is 6.61 Å². The number of halogens is 3. The van der Waals surface area contributed by atoms with Gasteiger partial charge in [0.1, 0.15) is 6.54 Å². The van der Waals surface area contributed by atoms with E-state index < -0.39 is 43.3 Å². The lowest BCUT2D eigenvalue weighted by Crippen LogP contribution is -2.44. The standard InChI is InChI=1S/C13H13F3N4O5/c14-13(15,16)6-18-12(24)20-9(21)5-25-10(22)7-2-1-3-8(4-7)19-11(17)23/h1-4H,5-6H2,(H3,17,19,23)(H2,18,20,21,24). The highest BCUT2D eigenvalue weighted by molar-refractivity contribution is 5.97. The van der Waals surface area contributed by atoms with E-state index in [1.807, 2.05) is 0 Å². The number of nitrogens with two attached hydrogens (primary N) is 1. The molecule has 0 unspecified atom stereocenters. The summed E-state index contributed by atoms with van der Waals surface area (Å²) in [5.74, 6) is -2.08. The van der Waals surface area contributed by atoms with Crippen molar-refractivity contribution >= 4 is 29.6 Å². The number of amides is 5. The normalized spacial score (nSPS) is 10.5. The average Bonchev–Trinajstić information content (AvgIpc) is 2.49. The van der Waals surface area contributed by atoms with Crippen LogP contribution in [0.2, 0.25) is 0 Å². The Bertz CT molecular complexity index is 678. The molecule has 25 heavy (non-hydrogen) atoms. The van der Waals surface area contributed by atoms with Crippen molar-refractivity contribution in [3.63, 3.8) is 0 Å². The van der Waals surface area contributed by atoms with Gasteiger partial charge in [-0.15, -0.1) is 0 Å². The van der Waals surface area contributed by atoms with Gasteiger partial charge in [0.05, 0.1) is 5.56 Å². The van der Waals surface area contributed by atoms with E-state index in [4.69, 9.17) is 5.73 Å². The van der Waals surface area contributed by atoms with E-state index >= 15 is 0 Å². The van der Waals surface area contributed by atoms with Crippen LogP contribution in [0.25, 0.3) is 0 Å². The third kappa shape index (κ3) is 8.20. The molecule has 0 fully saturated rings. The van der Waals surface area contributed by atoms with E-state index in [9.17, 15) is 32.3 Å². The summed E-state index contributed by atoms with van der Waals surface area (Å²) in [5.41, 5.74) is 5.10. The first-order valence-corrected chi connectivity index (χ1v) is 6.55. The zero-order valence-electron chi connectivity index (χ0n) is 12.5. The fourth-order valence-electron chi connectivity index (χ4n) is 1.47. The van der Waals surface area contributed by atoms with Crippen molar-refractivity contribution in [2.24, 2.45) is 5.73 Å². The van der Waals surface area contributed by atoms with Gasteiger partial charge in [0.25, 0.3) is 5.91 Å². The molecule has 0 aromatic heterocycles. The van der Waals surface area contributed by atoms with Crippen LogP contribution in [0.1, 0.15) is 10.4 Å². The van der Waals surface area contributed by atoms with Crippen molar-refractivity contribution in [2.45, 2.75) is 6.18 Å². The van der Waals surface area contributed by atoms with Gasteiger partial charge in [-0.2, -0.15) is 13.2 Å². The number of carbonyl (C=O) groups excluding carboxylic acids is 4. The largest absolute Gasteiger partial charge is 0.452 e. The Hall–Kier alpha value is -3.31. The fourth-order valence-corrected chi connectivity index (χ4v) is 1.47. The lowest BCUT2D eigenvalue weighted by Gasteiger charge is -2.09. The predicted molar refractivity (Wildman–Crippen MR) is 77.5 cm³/mol. The average molecular weight is 362 g/mol. The topological polar surface area (TPSA) is 140 Å². The molecule has 0 radical (unpaired) electrons. The van der Waals surface area contributed by atoms with Gasteiger partial charge >= 0.3 is 24.2 Å². The molecule has 0 atom stereocenters. The van der Waals surface area contributed by atoms with Crippen LogP contribution in [0.15, 0.2) is 24.3 Å². The van der Waals surface area contributed by atoms with Crippen LogP contribution in [0.5, 0.6) is 0 Å². The Kier molecular flexibility index (Phi) is 6.72. The predicted octanol–water partition coefficient (Wildman–Crippen LogP) is 0.722. The number of esters is 1. The lowest BCUT2D eigenvalue weighted by atomic mass is 10.2. The first-order chi connectivity index (χ1) is 11.6. The third-order valence-electron chi connectivity index (χ3n) is 2.40. The second-order valence-electron chi connectivity index (χ2n) is 4.49. The molecule has 1 rings (SSSR count). The minimum atomic E-state index is -4.63. The van der Waals surface area contributed by atoms with Crippen LogP contribution in [-0.4, -0.2) is 43.3 Å². The number of hydrogen-bond donors (Lipinski definition) is 4. The molecule has 0 heterocycles. The summed E-state index contributed by atoms with van der Waals surface area (Å²) in [7, 11) is 0. The molecule has 136 valence electrons. The Morgan fingerprint density at radius 3 is 2.44 bits per heavy atom. The number of hydrogen-bond acceptors (Lipinski definition) is 5. The molecular weight excluding hydrogens is 349 g/mol. The van der Waals surface area contributed by atoms with E-state index in [-0.39, 0.29) is 11.3 Å². The summed E-state index contributed by atoms with van der Waals surface area (Å²) in [6.45, 7) is -2.52. The maximum atomic E-state index is 11.9. The number of ether oxygens (including phenoxy) is 1. The second kappa shape index (κ2) is 8.52. The third-order valence-corrected chi connectivity index (χ3v) is 2.40. The first kappa shape index (κ1) is 19.7. The van der Waals surface area contributed by atoms with Crippen LogP contribution in [0.3, 0.4) is 0 Å². The molecule has 1 aromatic rings. The molecule has 0 spiro atoms. The summed E-state index contributed by atoms with van der Waals surface area (Å²) < 4.78 is 40.2. The molecule has 1 aromatic carbocycles. The summed E-state index contributed by atoms with van der Waals surface area (Å²) in [5, 5.41) is 5.19. The maximum Gasteiger partial charge on any atom is 0.405 e. The highest BCUT2D eigenvalue weighted by atomic mass is 19.4. The monoisotopic (exact) mass is 362 g/mol. The van der Waals surface area contributed by atoms with Gasteiger partial charge in [-0.25, -0.2) is 14.4 Å².